The Labute approximate surface area is 306 Å². The Morgan fingerprint density at radius 3 is 1.25 bits per heavy atom. The number of fused-ring (bicyclic) bond motifs is 4. The Balaban J connectivity index is 1.20. The SMILES string of the molecule is c1ccc(-c2ccc(-c3nc(-c4ccc(-c5ccccc5)cc4)nc(-c4cc(-c5ccccc5)cc5oc6cc7ccccc7cc6c45)n3)cc2)cc1. The zero-order chi connectivity index (χ0) is 35.1. The molecular formula is C49H31N3O. The molecule has 0 unspecified atom stereocenters. The molecule has 0 fully saturated rings. The fourth-order valence-electron chi connectivity index (χ4n) is 7.20. The van der Waals surface area contributed by atoms with E-state index in [1.807, 2.05) is 18.2 Å². The van der Waals surface area contributed by atoms with Crippen LogP contribution >= 0.6 is 0 Å². The van der Waals surface area contributed by atoms with Crippen LogP contribution in [0.3, 0.4) is 0 Å². The molecule has 4 heteroatoms. The summed E-state index contributed by atoms with van der Waals surface area (Å²) >= 11 is 0. The lowest BCUT2D eigenvalue weighted by atomic mass is 9.97. The molecule has 0 atom stereocenters. The van der Waals surface area contributed by atoms with Gasteiger partial charge in [0.05, 0.1) is 0 Å². The maximum Gasteiger partial charge on any atom is 0.164 e. The molecule has 4 nitrogen and oxygen atoms in total. The normalized spacial score (nSPS) is 11.4. The Kier molecular flexibility index (Phi) is 7.43. The van der Waals surface area contributed by atoms with Gasteiger partial charge in [-0.1, -0.05) is 164 Å². The van der Waals surface area contributed by atoms with Crippen LogP contribution in [0, 0.1) is 0 Å². The van der Waals surface area contributed by atoms with Gasteiger partial charge in [0.15, 0.2) is 17.5 Å². The van der Waals surface area contributed by atoms with Gasteiger partial charge in [0, 0.05) is 27.5 Å². The van der Waals surface area contributed by atoms with E-state index in [0.29, 0.717) is 17.5 Å². The standard InChI is InChI=1S/C49H31N3O/c1-4-12-32(13-5-1)35-20-24-37(25-21-35)47-50-48(38-26-22-36(23-27-38)33-14-6-2-7-15-33)52-49(51-47)43-29-41(34-16-8-3-9-17-34)31-45-46(43)42-28-39-18-10-11-19-40(39)30-44(42)53-45/h1-31H. The number of nitrogens with zero attached hydrogens (tertiary/aromatic N) is 3. The van der Waals surface area contributed by atoms with E-state index >= 15 is 0 Å². The molecule has 2 heterocycles. The molecule has 0 bridgehead atoms. The van der Waals surface area contributed by atoms with Crippen molar-refractivity contribution >= 4 is 32.7 Å². The lowest BCUT2D eigenvalue weighted by Gasteiger charge is -2.12. The first-order chi connectivity index (χ1) is 26.2. The van der Waals surface area contributed by atoms with Crippen LogP contribution in [0.15, 0.2) is 192 Å². The van der Waals surface area contributed by atoms with E-state index in [0.717, 1.165) is 82.8 Å². The van der Waals surface area contributed by atoms with Crippen molar-refractivity contribution in [3.8, 4) is 67.5 Å². The minimum atomic E-state index is 0.586. The van der Waals surface area contributed by atoms with Crippen LogP contribution in [0.4, 0.5) is 0 Å². The van der Waals surface area contributed by atoms with E-state index in [-0.39, 0.29) is 0 Å². The molecule has 0 spiro atoms. The number of furan rings is 1. The first-order valence-electron chi connectivity index (χ1n) is 17.8. The van der Waals surface area contributed by atoms with Crippen molar-refractivity contribution in [2.75, 3.05) is 0 Å². The number of hydrogen-bond donors (Lipinski definition) is 0. The van der Waals surface area contributed by atoms with Gasteiger partial charge in [0.1, 0.15) is 11.2 Å². The molecule has 10 aromatic rings. The maximum atomic E-state index is 6.65. The molecule has 2 aromatic heterocycles. The third kappa shape index (κ3) is 5.73. The Bertz CT molecular complexity index is 2800. The van der Waals surface area contributed by atoms with E-state index in [1.54, 1.807) is 0 Å². The molecule has 0 N–H and O–H groups in total. The van der Waals surface area contributed by atoms with Crippen LogP contribution in [0.5, 0.6) is 0 Å². The molecule has 0 saturated heterocycles. The van der Waals surface area contributed by atoms with E-state index in [1.165, 1.54) is 0 Å². The Morgan fingerprint density at radius 2 is 0.717 bits per heavy atom. The van der Waals surface area contributed by atoms with Crippen LogP contribution in [0.2, 0.25) is 0 Å². The molecule has 0 aliphatic rings. The van der Waals surface area contributed by atoms with E-state index < -0.39 is 0 Å². The van der Waals surface area contributed by atoms with Crippen molar-refractivity contribution in [1.82, 2.24) is 15.0 Å². The Morgan fingerprint density at radius 1 is 0.302 bits per heavy atom. The highest BCUT2D eigenvalue weighted by Gasteiger charge is 2.20. The summed E-state index contributed by atoms with van der Waals surface area (Å²) in [5.41, 5.74) is 11.0. The summed E-state index contributed by atoms with van der Waals surface area (Å²) in [6.45, 7) is 0. The second-order valence-corrected chi connectivity index (χ2v) is 13.3. The Hall–Kier alpha value is -7.17. The van der Waals surface area contributed by atoms with Crippen molar-refractivity contribution in [3.63, 3.8) is 0 Å². The van der Waals surface area contributed by atoms with Crippen molar-refractivity contribution in [2.45, 2.75) is 0 Å². The van der Waals surface area contributed by atoms with Gasteiger partial charge in [-0.05, 0) is 68.4 Å². The molecule has 0 saturated carbocycles. The molecule has 248 valence electrons. The van der Waals surface area contributed by atoms with E-state index in [9.17, 15) is 0 Å². The van der Waals surface area contributed by atoms with Gasteiger partial charge in [-0.2, -0.15) is 0 Å². The van der Waals surface area contributed by atoms with Crippen LogP contribution in [-0.2, 0) is 0 Å². The van der Waals surface area contributed by atoms with Crippen molar-refractivity contribution < 1.29 is 4.42 Å². The third-order valence-corrected chi connectivity index (χ3v) is 9.92. The molecule has 8 aromatic carbocycles. The fourth-order valence-corrected chi connectivity index (χ4v) is 7.20. The highest BCUT2D eigenvalue weighted by Crippen LogP contribution is 2.41. The smallest absolute Gasteiger partial charge is 0.164 e. The summed E-state index contributed by atoms with van der Waals surface area (Å²) in [7, 11) is 0. The first kappa shape index (κ1) is 30.6. The molecule has 0 aliphatic carbocycles. The highest BCUT2D eigenvalue weighted by molar-refractivity contribution is 6.16. The van der Waals surface area contributed by atoms with Gasteiger partial charge in [-0.3, -0.25) is 0 Å². The van der Waals surface area contributed by atoms with E-state index in [4.69, 9.17) is 19.4 Å². The summed E-state index contributed by atoms with van der Waals surface area (Å²) in [5, 5.41) is 4.28. The van der Waals surface area contributed by atoms with Crippen LogP contribution in [-0.4, -0.2) is 15.0 Å². The summed E-state index contributed by atoms with van der Waals surface area (Å²) in [5.74, 6) is 1.80. The topological polar surface area (TPSA) is 51.8 Å². The van der Waals surface area contributed by atoms with Crippen LogP contribution in [0.1, 0.15) is 0 Å². The molecular weight excluding hydrogens is 647 g/mol. The molecule has 53 heavy (non-hydrogen) atoms. The van der Waals surface area contributed by atoms with Gasteiger partial charge in [-0.15, -0.1) is 0 Å². The molecule has 0 amide bonds. The lowest BCUT2D eigenvalue weighted by Crippen LogP contribution is -2.01. The maximum absolute atomic E-state index is 6.65. The number of aromatic nitrogens is 3. The second kappa shape index (κ2) is 12.9. The molecule has 10 rings (SSSR count). The minimum Gasteiger partial charge on any atom is -0.456 e. The van der Waals surface area contributed by atoms with Crippen LogP contribution < -0.4 is 0 Å². The number of benzene rings is 8. The highest BCUT2D eigenvalue weighted by atomic mass is 16.3. The molecule has 0 radical (unpaired) electrons. The van der Waals surface area contributed by atoms with E-state index in [2.05, 4.69) is 170 Å². The summed E-state index contributed by atoms with van der Waals surface area (Å²) < 4.78 is 6.65. The monoisotopic (exact) mass is 677 g/mol. The summed E-state index contributed by atoms with van der Waals surface area (Å²) in [6, 6.07) is 65.2. The number of hydrogen-bond acceptors (Lipinski definition) is 4. The average Bonchev–Trinajstić information content (AvgIpc) is 3.60. The van der Waals surface area contributed by atoms with Gasteiger partial charge in [0.25, 0.3) is 0 Å². The molecule has 0 aliphatic heterocycles. The predicted octanol–water partition coefficient (Wildman–Crippen LogP) is 12.9. The van der Waals surface area contributed by atoms with Gasteiger partial charge in [-0.25, -0.2) is 15.0 Å². The zero-order valence-electron chi connectivity index (χ0n) is 28.6. The van der Waals surface area contributed by atoms with Gasteiger partial charge in [0.2, 0.25) is 0 Å². The lowest BCUT2D eigenvalue weighted by molar-refractivity contribution is 0.669. The van der Waals surface area contributed by atoms with Crippen molar-refractivity contribution in [3.05, 3.63) is 188 Å². The number of rotatable bonds is 6. The third-order valence-electron chi connectivity index (χ3n) is 9.92. The van der Waals surface area contributed by atoms with Crippen LogP contribution in [0.25, 0.3) is 100 Å². The summed E-state index contributed by atoms with van der Waals surface area (Å²) in [4.78, 5) is 15.6. The summed E-state index contributed by atoms with van der Waals surface area (Å²) in [6.07, 6.45) is 0. The zero-order valence-corrected chi connectivity index (χ0v) is 28.6. The van der Waals surface area contributed by atoms with Crippen molar-refractivity contribution in [2.24, 2.45) is 0 Å². The predicted molar refractivity (Wildman–Crippen MR) is 217 cm³/mol. The minimum absolute atomic E-state index is 0.586. The van der Waals surface area contributed by atoms with Gasteiger partial charge >= 0.3 is 0 Å². The fraction of sp³-hybridized carbons (Fsp3) is 0. The first-order valence-corrected chi connectivity index (χ1v) is 17.8. The van der Waals surface area contributed by atoms with Crippen molar-refractivity contribution in [1.29, 1.82) is 0 Å². The largest absolute Gasteiger partial charge is 0.456 e. The second-order valence-electron chi connectivity index (χ2n) is 13.3. The average molecular weight is 678 g/mol. The van der Waals surface area contributed by atoms with Gasteiger partial charge < -0.3 is 4.42 Å². The quantitative estimate of drug-likeness (QED) is 0.176.